The van der Waals surface area contributed by atoms with Crippen LogP contribution in [0.5, 0.6) is 5.75 Å². The predicted molar refractivity (Wildman–Crippen MR) is 71.9 cm³/mol. The first-order valence-electron chi connectivity index (χ1n) is 6.49. The summed E-state index contributed by atoms with van der Waals surface area (Å²) in [6.07, 6.45) is -4.08. The molecule has 0 radical (unpaired) electrons. The highest BCUT2D eigenvalue weighted by Crippen LogP contribution is 2.42. The molecule has 1 aromatic rings. The van der Waals surface area contributed by atoms with E-state index in [0.717, 1.165) is 5.56 Å². The molecule has 1 heterocycles. The van der Waals surface area contributed by atoms with Crippen molar-refractivity contribution in [3.8, 4) is 5.75 Å². The summed E-state index contributed by atoms with van der Waals surface area (Å²) in [7, 11) is 0. The molecule has 1 unspecified atom stereocenters. The molecule has 0 saturated carbocycles. The average molecular weight is 308 g/mol. The Morgan fingerprint density at radius 2 is 2.15 bits per heavy atom. The monoisotopic (exact) mass is 307 g/mol. The Bertz CT molecular complexity index is 492. The van der Waals surface area contributed by atoms with Crippen molar-refractivity contribution in [2.45, 2.75) is 50.4 Å². The van der Waals surface area contributed by atoms with E-state index in [9.17, 15) is 13.2 Å². The maximum Gasteiger partial charge on any atom is 0.389 e. The molecular formula is C14H17ClF3NO. The summed E-state index contributed by atoms with van der Waals surface area (Å²) < 4.78 is 42.5. The molecule has 0 amide bonds. The zero-order chi connectivity index (χ0) is 15.0. The fourth-order valence-electron chi connectivity index (χ4n) is 2.60. The standard InChI is InChI=1S/C14H17ClF3NO/c1-13(5-2-6-14(16,17)18)8-11(19)10-7-9(15)3-4-12(10)20-13/h3-4,7,11H,2,5-6,8,19H2,1H3/t11-,13?/m1/s1. The van der Waals surface area contributed by atoms with E-state index in [2.05, 4.69) is 0 Å². The van der Waals surface area contributed by atoms with Gasteiger partial charge in [-0.3, -0.25) is 0 Å². The van der Waals surface area contributed by atoms with E-state index in [1.54, 1.807) is 25.1 Å². The number of alkyl halides is 3. The van der Waals surface area contributed by atoms with Crippen molar-refractivity contribution in [3.05, 3.63) is 28.8 Å². The van der Waals surface area contributed by atoms with Crippen LogP contribution in [0.15, 0.2) is 18.2 Å². The third-order valence-corrected chi connectivity index (χ3v) is 3.78. The summed E-state index contributed by atoms with van der Waals surface area (Å²) >= 11 is 5.91. The van der Waals surface area contributed by atoms with Crippen LogP contribution in [-0.4, -0.2) is 11.8 Å². The van der Waals surface area contributed by atoms with Crippen molar-refractivity contribution in [1.82, 2.24) is 0 Å². The second-order valence-electron chi connectivity index (χ2n) is 5.51. The predicted octanol–water partition coefficient (Wildman–Crippen LogP) is 4.61. The van der Waals surface area contributed by atoms with Crippen LogP contribution in [0.3, 0.4) is 0 Å². The first kappa shape index (κ1) is 15.4. The Labute approximate surface area is 121 Å². The number of ether oxygens (including phenoxy) is 1. The van der Waals surface area contributed by atoms with Crippen LogP contribution in [0.2, 0.25) is 5.02 Å². The fourth-order valence-corrected chi connectivity index (χ4v) is 2.78. The van der Waals surface area contributed by atoms with Crippen LogP contribution >= 0.6 is 11.6 Å². The van der Waals surface area contributed by atoms with Gasteiger partial charge in [0.05, 0.1) is 0 Å². The Kier molecular flexibility index (Phi) is 4.21. The Morgan fingerprint density at radius 3 is 2.80 bits per heavy atom. The van der Waals surface area contributed by atoms with E-state index in [1.165, 1.54) is 0 Å². The summed E-state index contributed by atoms with van der Waals surface area (Å²) in [5, 5.41) is 0.573. The van der Waals surface area contributed by atoms with Gasteiger partial charge in [0.1, 0.15) is 11.4 Å². The third kappa shape index (κ3) is 3.79. The van der Waals surface area contributed by atoms with Gasteiger partial charge in [0.25, 0.3) is 0 Å². The van der Waals surface area contributed by atoms with Gasteiger partial charge in [-0.1, -0.05) is 11.6 Å². The maximum absolute atomic E-state index is 12.2. The van der Waals surface area contributed by atoms with Crippen LogP contribution in [-0.2, 0) is 0 Å². The van der Waals surface area contributed by atoms with Gasteiger partial charge >= 0.3 is 6.18 Å². The summed E-state index contributed by atoms with van der Waals surface area (Å²) in [6, 6.07) is 4.89. The van der Waals surface area contributed by atoms with E-state index in [1.807, 2.05) is 0 Å². The Balaban J connectivity index is 2.06. The molecule has 0 spiro atoms. The summed E-state index contributed by atoms with van der Waals surface area (Å²) in [5.41, 5.74) is 6.24. The molecule has 1 aliphatic rings. The molecule has 0 aliphatic carbocycles. The van der Waals surface area contributed by atoms with Gasteiger partial charge in [0, 0.05) is 29.5 Å². The molecule has 6 heteroatoms. The van der Waals surface area contributed by atoms with Gasteiger partial charge in [-0.15, -0.1) is 0 Å². The van der Waals surface area contributed by atoms with Crippen LogP contribution < -0.4 is 10.5 Å². The number of fused-ring (bicyclic) bond motifs is 1. The minimum absolute atomic E-state index is 0.0373. The van der Waals surface area contributed by atoms with Crippen LogP contribution in [0.25, 0.3) is 0 Å². The van der Waals surface area contributed by atoms with Gasteiger partial charge in [-0.2, -0.15) is 13.2 Å². The molecule has 0 bridgehead atoms. The highest BCUT2D eigenvalue weighted by Gasteiger charge is 2.37. The average Bonchev–Trinajstić information content (AvgIpc) is 2.28. The van der Waals surface area contributed by atoms with Crippen molar-refractivity contribution in [2.24, 2.45) is 5.73 Å². The third-order valence-electron chi connectivity index (χ3n) is 3.55. The van der Waals surface area contributed by atoms with Gasteiger partial charge < -0.3 is 10.5 Å². The Morgan fingerprint density at radius 1 is 1.45 bits per heavy atom. The lowest BCUT2D eigenvalue weighted by Crippen LogP contribution is -2.40. The molecule has 2 N–H and O–H groups in total. The number of rotatable bonds is 3. The van der Waals surface area contributed by atoms with E-state index >= 15 is 0 Å². The Hall–Kier alpha value is -0.940. The molecule has 2 atom stereocenters. The lowest BCUT2D eigenvalue weighted by Gasteiger charge is -2.39. The molecule has 20 heavy (non-hydrogen) atoms. The van der Waals surface area contributed by atoms with E-state index in [4.69, 9.17) is 22.1 Å². The number of benzene rings is 1. The van der Waals surface area contributed by atoms with E-state index in [-0.39, 0.29) is 12.5 Å². The first-order valence-corrected chi connectivity index (χ1v) is 6.87. The van der Waals surface area contributed by atoms with E-state index < -0.39 is 18.2 Å². The van der Waals surface area contributed by atoms with Gasteiger partial charge in [-0.05, 0) is 38.0 Å². The van der Waals surface area contributed by atoms with E-state index in [0.29, 0.717) is 23.6 Å². The molecule has 0 saturated heterocycles. The highest BCUT2D eigenvalue weighted by atomic mass is 35.5. The van der Waals surface area contributed by atoms with Gasteiger partial charge in [0.15, 0.2) is 0 Å². The quantitative estimate of drug-likeness (QED) is 0.884. The largest absolute Gasteiger partial charge is 0.487 e. The summed E-state index contributed by atoms with van der Waals surface area (Å²) in [4.78, 5) is 0. The number of nitrogens with two attached hydrogens (primary N) is 1. The van der Waals surface area contributed by atoms with Gasteiger partial charge in [-0.25, -0.2) is 0 Å². The fraction of sp³-hybridized carbons (Fsp3) is 0.571. The summed E-state index contributed by atoms with van der Waals surface area (Å²) in [6.45, 7) is 1.81. The smallest absolute Gasteiger partial charge is 0.389 e. The minimum atomic E-state index is -4.13. The molecule has 2 rings (SSSR count). The second-order valence-corrected chi connectivity index (χ2v) is 5.95. The number of halogens is 4. The second kappa shape index (κ2) is 5.45. The van der Waals surface area contributed by atoms with Crippen molar-refractivity contribution in [3.63, 3.8) is 0 Å². The molecule has 0 fully saturated rings. The van der Waals surface area contributed by atoms with Gasteiger partial charge in [0.2, 0.25) is 0 Å². The summed E-state index contributed by atoms with van der Waals surface area (Å²) in [5.74, 6) is 0.614. The normalized spacial score (nSPS) is 26.0. The van der Waals surface area contributed by atoms with Crippen LogP contribution in [0, 0.1) is 0 Å². The molecule has 112 valence electrons. The number of hydrogen-bond acceptors (Lipinski definition) is 2. The molecular weight excluding hydrogens is 291 g/mol. The van der Waals surface area contributed by atoms with Crippen LogP contribution in [0.1, 0.15) is 44.2 Å². The molecule has 1 aromatic carbocycles. The lowest BCUT2D eigenvalue weighted by molar-refractivity contribution is -0.137. The zero-order valence-electron chi connectivity index (χ0n) is 11.1. The van der Waals surface area contributed by atoms with Crippen molar-refractivity contribution in [2.75, 3.05) is 0 Å². The van der Waals surface area contributed by atoms with Crippen molar-refractivity contribution >= 4 is 11.6 Å². The van der Waals surface area contributed by atoms with Crippen molar-refractivity contribution in [1.29, 1.82) is 0 Å². The molecule has 0 aromatic heterocycles. The number of hydrogen-bond donors (Lipinski definition) is 1. The molecule has 1 aliphatic heterocycles. The lowest BCUT2D eigenvalue weighted by atomic mass is 9.85. The van der Waals surface area contributed by atoms with Crippen molar-refractivity contribution < 1.29 is 17.9 Å². The minimum Gasteiger partial charge on any atom is -0.487 e. The highest BCUT2D eigenvalue weighted by molar-refractivity contribution is 6.30. The maximum atomic E-state index is 12.2. The SMILES string of the molecule is CC1(CCCC(F)(F)F)C[C@@H](N)c2cc(Cl)ccc2O1. The first-order chi connectivity index (χ1) is 9.19. The van der Waals surface area contributed by atoms with Crippen LogP contribution in [0.4, 0.5) is 13.2 Å². The molecule has 2 nitrogen and oxygen atoms in total. The zero-order valence-corrected chi connectivity index (χ0v) is 11.9. The topological polar surface area (TPSA) is 35.2 Å².